The van der Waals surface area contributed by atoms with Gasteiger partial charge in [-0.15, -0.1) is 0 Å². The lowest BCUT2D eigenvalue weighted by Crippen LogP contribution is -2.35. The van der Waals surface area contributed by atoms with Crippen molar-refractivity contribution >= 4 is 0 Å². The maximum absolute atomic E-state index is 12.5. The molecule has 0 atom stereocenters. The fraction of sp³-hybridized carbons (Fsp3) is 0.667. The van der Waals surface area contributed by atoms with Crippen molar-refractivity contribution in [2.75, 3.05) is 13.1 Å². The Morgan fingerprint density at radius 1 is 1.38 bits per heavy atom. The van der Waals surface area contributed by atoms with Gasteiger partial charge in [-0.3, -0.25) is 4.90 Å². The lowest BCUT2D eigenvalue weighted by atomic mass is 9.97. The summed E-state index contributed by atoms with van der Waals surface area (Å²) in [4.78, 5) is 2.26. The summed E-state index contributed by atoms with van der Waals surface area (Å²) in [5.41, 5.74) is 1.26. The van der Waals surface area contributed by atoms with E-state index in [0.717, 1.165) is 19.6 Å². The zero-order valence-corrected chi connectivity index (χ0v) is 9.57. The molecule has 2 heterocycles. The predicted molar refractivity (Wildman–Crippen MR) is 59.4 cm³/mol. The van der Waals surface area contributed by atoms with Crippen LogP contribution in [0.5, 0.6) is 0 Å². The van der Waals surface area contributed by atoms with Gasteiger partial charge in [0.05, 0.1) is 0 Å². The predicted octanol–water partition coefficient (Wildman–Crippen LogP) is 2.50. The first-order valence-corrected chi connectivity index (χ1v) is 5.76. The second kappa shape index (κ2) is 4.95. The molecule has 90 valence electrons. The van der Waals surface area contributed by atoms with Gasteiger partial charge >= 0.3 is 0 Å². The first-order chi connectivity index (χ1) is 7.65. The van der Waals surface area contributed by atoms with Gasteiger partial charge in [0.25, 0.3) is 0 Å². The van der Waals surface area contributed by atoms with E-state index >= 15 is 0 Å². The third kappa shape index (κ3) is 2.82. The van der Waals surface area contributed by atoms with Crippen LogP contribution < -0.4 is 0 Å². The molecule has 0 N–H and O–H groups in total. The molecule has 0 saturated carbocycles. The van der Waals surface area contributed by atoms with Crippen molar-refractivity contribution in [1.29, 1.82) is 0 Å². The number of nitrogens with zero attached hydrogens (tertiary/aromatic N) is 2. The Hall–Kier alpha value is -0.900. The van der Waals surface area contributed by atoms with E-state index in [1.54, 1.807) is 0 Å². The van der Waals surface area contributed by atoms with Gasteiger partial charge in [-0.05, 0) is 37.6 Å². The van der Waals surface area contributed by atoms with Crippen molar-refractivity contribution in [2.45, 2.75) is 25.8 Å². The Morgan fingerprint density at radius 3 is 2.56 bits per heavy atom. The molecule has 1 aromatic rings. The first kappa shape index (κ1) is 11.6. The monoisotopic (exact) mass is 228 g/mol. The maximum atomic E-state index is 12.5. The third-order valence-corrected chi connectivity index (χ3v) is 3.29. The van der Waals surface area contributed by atoms with Crippen LogP contribution in [0.2, 0.25) is 0 Å². The molecule has 1 saturated heterocycles. The SMILES string of the molecule is Cn1ccc(CN2CCC(C(F)F)CC2)c1. The molecule has 0 spiro atoms. The minimum Gasteiger partial charge on any atom is -0.357 e. The molecule has 0 amide bonds. The first-order valence-electron chi connectivity index (χ1n) is 5.76. The highest BCUT2D eigenvalue weighted by atomic mass is 19.3. The minimum atomic E-state index is -2.14. The Labute approximate surface area is 94.9 Å². The van der Waals surface area contributed by atoms with Crippen LogP contribution in [0.1, 0.15) is 18.4 Å². The quantitative estimate of drug-likeness (QED) is 0.771. The second-order valence-corrected chi connectivity index (χ2v) is 4.63. The van der Waals surface area contributed by atoms with Crippen LogP contribution in [0.15, 0.2) is 18.5 Å². The smallest absolute Gasteiger partial charge is 0.241 e. The standard InChI is InChI=1S/C12H18F2N2/c1-15-5-2-10(8-15)9-16-6-3-11(4-7-16)12(13)14/h2,5,8,11-12H,3-4,6-7,9H2,1H3. The van der Waals surface area contributed by atoms with Gasteiger partial charge in [-0.25, -0.2) is 8.78 Å². The number of hydrogen-bond acceptors (Lipinski definition) is 1. The van der Waals surface area contributed by atoms with Gasteiger partial charge in [-0.1, -0.05) is 0 Å². The molecule has 16 heavy (non-hydrogen) atoms. The van der Waals surface area contributed by atoms with E-state index in [0.29, 0.717) is 12.8 Å². The van der Waals surface area contributed by atoms with Crippen LogP contribution in [0.4, 0.5) is 8.78 Å². The summed E-state index contributed by atoms with van der Waals surface area (Å²) in [5, 5.41) is 0. The zero-order chi connectivity index (χ0) is 11.5. The molecule has 0 unspecified atom stereocenters. The van der Waals surface area contributed by atoms with E-state index in [4.69, 9.17) is 0 Å². The summed E-state index contributed by atoms with van der Waals surface area (Å²) in [6.07, 6.45) is 3.22. The summed E-state index contributed by atoms with van der Waals surface area (Å²) in [7, 11) is 1.99. The fourth-order valence-corrected chi connectivity index (χ4v) is 2.28. The largest absolute Gasteiger partial charge is 0.357 e. The van der Waals surface area contributed by atoms with Crippen LogP contribution in [-0.2, 0) is 13.6 Å². The number of likely N-dealkylation sites (tertiary alicyclic amines) is 1. The molecule has 1 aliphatic heterocycles. The number of alkyl halides is 2. The molecular formula is C12H18F2N2. The Balaban J connectivity index is 1.81. The van der Waals surface area contributed by atoms with Crippen molar-refractivity contribution in [2.24, 2.45) is 13.0 Å². The molecule has 0 bridgehead atoms. The van der Waals surface area contributed by atoms with E-state index in [9.17, 15) is 8.78 Å². The van der Waals surface area contributed by atoms with Gasteiger partial charge in [-0.2, -0.15) is 0 Å². The van der Waals surface area contributed by atoms with Crippen molar-refractivity contribution in [3.63, 3.8) is 0 Å². The number of piperidine rings is 1. The lowest BCUT2D eigenvalue weighted by Gasteiger charge is -2.31. The van der Waals surface area contributed by atoms with Crippen LogP contribution in [-0.4, -0.2) is 29.0 Å². The summed E-state index contributed by atoms with van der Waals surface area (Å²) in [5.74, 6) is -0.382. The van der Waals surface area contributed by atoms with Crippen molar-refractivity contribution in [1.82, 2.24) is 9.47 Å². The summed E-state index contributed by atoms with van der Waals surface area (Å²) < 4.78 is 26.9. The van der Waals surface area contributed by atoms with Gasteiger partial charge in [0.1, 0.15) is 0 Å². The second-order valence-electron chi connectivity index (χ2n) is 4.63. The fourth-order valence-electron chi connectivity index (χ4n) is 2.28. The topological polar surface area (TPSA) is 8.17 Å². The highest BCUT2D eigenvalue weighted by molar-refractivity contribution is 5.09. The molecule has 2 nitrogen and oxygen atoms in total. The molecule has 1 fully saturated rings. The highest BCUT2D eigenvalue weighted by Crippen LogP contribution is 2.24. The van der Waals surface area contributed by atoms with E-state index in [-0.39, 0.29) is 5.92 Å². The number of rotatable bonds is 3. The van der Waals surface area contributed by atoms with Crippen LogP contribution in [0, 0.1) is 5.92 Å². The molecule has 0 aliphatic carbocycles. The van der Waals surface area contributed by atoms with Gasteiger partial charge < -0.3 is 4.57 Å². The van der Waals surface area contributed by atoms with E-state index in [1.807, 2.05) is 17.8 Å². The molecule has 1 aromatic heterocycles. The number of aryl methyl sites for hydroxylation is 1. The average molecular weight is 228 g/mol. The molecular weight excluding hydrogens is 210 g/mol. The lowest BCUT2D eigenvalue weighted by molar-refractivity contribution is 0.0336. The molecule has 1 aliphatic rings. The van der Waals surface area contributed by atoms with Crippen molar-refractivity contribution in [3.05, 3.63) is 24.0 Å². The third-order valence-electron chi connectivity index (χ3n) is 3.29. The van der Waals surface area contributed by atoms with Gasteiger partial charge in [0, 0.05) is 31.9 Å². The highest BCUT2D eigenvalue weighted by Gasteiger charge is 2.25. The molecule has 4 heteroatoms. The minimum absolute atomic E-state index is 0.382. The van der Waals surface area contributed by atoms with Crippen molar-refractivity contribution in [3.8, 4) is 0 Å². The van der Waals surface area contributed by atoms with Crippen LogP contribution >= 0.6 is 0 Å². The summed E-state index contributed by atoms with van der Waals surface area (Å²) in [6.45, 7) is 2.48. The van der Waals surface area contributed by atoms with Gasteiger partial charge in [0.15, 0.2) is 0 Å². The van der Waals surface area contributed by atoms with E-state index in [2.05, 4.69) is 17.2 Å². The van der Waals surface area contributed by atoms with Crippen molar-refractivity contribution < 1.29 is 8.78 Å². The normalized spacial score (nSPS) is 19.5. The molecule has 0 radical (unpaired) electrons. The van der Waals surface area contributed by atoms with E-state index < -0.39 is 6.43 Å². The average Bonchev–Trinajstić information content (AvgIpc) is 2.65. The number of halogens is 2. The Kier molecular flexibility index (Phi) is 3.59. The Morgan fingerprint density at radius 2 is 2.06 bits per heavy atom. The molecule has 0 aromatic carbocycles. The maximum Gasteiger partial charge on any atom is 0.241 e. The van der Waals surface area contributed by atoms with Gasteiger partial charge in [0.2, 0.25) is 6.43 Å². The van der Waals surface area contributed by atoms with Crippen LogP contribution in [0.25, 0.3) is 0 Å². The van der Waals surface area contributed by atoms with E-state index in [1.165, 1.54) is 5.56 Å². The van der Waals surface area contributed by atoms with Crippen LogP contribution in [0.3, 0.4) is 0 Å². The summed E-state index contributed by atoms with van der Waals surface area (Å²) in [6, 6.07) is 2.08. The number of hydrogen-bond donors (Lipinski definition) is 0. The zero-order valence-electron chi connectivity index (χ0n) is 9.57. The summed E-state index contributed by atoms with van der Waals surface area (Å²) >= 11 is 0. The number of aromatic nitrogens is 1. The Bertz CT molecular complexity index is 328. The molecule has 2 rings (SSSR count).